The van der Waals surface area contributed by atoms with Gasteiger partial charge in [0.2, 0.25) is 0 Å². The monoisotopic (exact) mass is 360 g/mol. The summed E-state index contributed by atoms with van der Waals surface area (Å²) in [4.78, 5) is 16.7. The fraction of sp³-hybridized carbons (Fsp3) is 0.375. The third-order valence-corrected chi connectivity index (χ3v) is 5.91. The SMILES string of the molecule is Cc1ccc(CCN[C@@H](C(=O)c2c[nH]c3ccccc23)C2CCCC2)cc1. The molecule has 0 unspecified atom stereocenters. The van der Waals surface area contributed by atoms with Crippen LogP contribution in [0.25, 0.3) is 10.9 Å². The van der Waals surface area contributed by atoms with E-state index in [0.717, 1.165) is 42.3 Å². The molecule has 1 heterocycles. The molecule has 27 heavy (non-hydrogen) atoms. The summed E-state index contributed by atoms with van der Waals surface area (Å²) in [5, 5.41) is 4.65. The minimum atomic E-state index is -0.0860. The Balaban J connectivity index is 1.50. The lowest BCUT2D eigenvalue weighted by Crippen LogP contribution is -2.43. The molecule has 0 bridgehead atoms. The lowest BCUT2D eigenvalue weighted by Gasteiger charge is -2.23. The Bertz CT molecular complexity index is 904. The van der Waals surface area contributed by atoms with Crippen molar-refractivity contribution in [2.24, 2.45) is 5.92 Å². The molecule has 0 saturated heterocycles. The van der Waals surface area contributed by atoms with Gasteiger partial charge in [0.25, 0.3) is 0 Å². The molecule has 1 fully saturated rings. The minimum absolute atomic E-state index is 0.0860. The van der Waals surface area contributed by atoms with Crippen LogP contribution in [0.15, 0.2) is 54.7 Å². The molecule has 0 spiro atoms. The molecule has 1 saturated carbocycles. The van der Waals surface area contributed by atoms with Crippen LogP contribution in [-0.2, 0) is 6.42 Å². The molecule has 2 N–H and O–H groups in total. The minimum Gasteiger partial charge on any atom is -0.360 e. The smallest absolute Gasteiger partial charge is 0.182 e. The van der Waals surface area contributed by atoms with Crippen LogP contribution in [0.3, 0.4) is 0 Å². The van der Waals surface area contributed by atoms with Gasteiger partial charge in [0.1, 0.15) is 0 Å². The normalized spacial score (nSPS) is 16.0. The van der Waals surface area contributed by atoms with Gasteiger partial charge in [-0.05, 0) is 50.3 Å². The number of carbonyl (C=O) groups is 1. The molecule has 3 heteroatoms. The molecular weight excluding hydrogens is 332 g/mol. The van der Waals surface area contributed by atoms with E-state index >= 15 is 0 Å². The predicted molar refractivity (Wildman–Crippen MR) is 111 cm³/mol. The number of ketones is 1. The van der Waals surface area contributed by atoms with E-state index in [2.05, 4.69) is 41.5 Å². The van der Waals surface area contributed by atoms with Gasteiger partial charge in [0.05, 0.1) is 6.04 Å². The lowest BCUT2D eigenvalue weighted by atomic mass is 9.90. The number of H-pyrrole nitrogens is 1. The molecule has 2 aromatic carbocycles. The fourth-order valence-corrected chi connectivity index (χ4v) is 4.33. The van der Waals surface area contributed by atoms with Crippen molar-refractivity contribution < 1.29 is 4.79 Å². The van der Waals surface area contributed by atoms with Gasteiger partial charge in [-0.3, -0.25) is 4.79 Å². The van der Waals surface area contributed by atoms with E-state index < -0.39 is 0 Å². The summed E-state index contributed by atoms with van der Waals surface area (Å²) < 4.78 is 0. The van der Waals surface area contributed by atoms with Gasteiger partial charge in [-0.1, -0.05) is 60.9 Å². The number of para-hydroxylation sites is 1. The Morgan fingerprint density at radius 3 is 2.63 bits per heavy atom. The summed E-state index contributed by atoms with van der Waals surface area (Å²) in [5.74, 6) is 0.687. The number of hydrogen-bond acceptors (Lipinski definition) is 2. The maximum absolute atomic E-state index is 13.4. The second-order valence-corrected chi connectivity index (χ2v) is 7.82. The molecule has 0 radical (unpaired) electrons. The second kappa shape index (κ2) is 8.10. The van der Waals surface area contributed by atoms with Crippen LogP contribution in [0.1, 0.15) is 47.2 Å². The van der Waals surface area contributed by atoms with Crippen molar-refractivity contribution in [3.63, 3.8) is 0 Å². The Morgan fingerprint density at radius 2 is 1.85 bits per heavy atom. The van der Waals surface area contributed by atoms with Crippen LogP contribution >= 0.6 is 0 Å². The highest BCUT2D eigenvalue weighted by atomic mass is 16.1. The van der Waals surface area contributed by atoms with Crippen LogP contribution in [-0.4, -0.2) is 23.4 Å². The summed E-state index contributed by atoms with van der Waals surface area (Å²) in [7, 11) is 0. The van der Waals surface area contributed by atoms with E-state index in [9.17, 15) is 4.79 Å². The number of nitrogens with one attached hydrogen (secondary N) is 2. The maximum atomic E-state index is 13.4. The highest BCUT2D eigenvalue weighted by Crippen LogP contribution is 2.30. The molecule has 0 amide bonds. The number of aromatic nitrogens is 1. The van der Waals surface area contributed by atoms with Crippen LogP contribution in [0.5, 0.6) is 0 Å². The quantitative estimate of drug-likeness (QED) is 0.579. The third-order valence-electron chi connectivity index (χ3n) is 5.91. The van der Waals surface area contributed by atoms with Crippen molar-refractivity contribution in [3.8, 4) is 0 Å². The van der Waals surface area contributed by atoms with Gasteiger partial charge in [-0.25, -0.2) is 0 Å². The third kappa shape index (κ3) is 3.98. The molecule has 3 nitrogen and oxygen atoms in total. The number of carbonyl (C=O) groups excluding carboxylic acids is 1. The van der Waals surface area contributed by atoms with E-state index in [1.807, 2.05) is 30.5 Å². The standard InChI is InChI=1S/C24H28N2O/c1-17-10-12-18(13-11-17)14-15-25-23(19-6-2-3-7-19)24(27)21-16-26-22-9-5-4-8-20(21)22/h4-5,8-13,16,19,23,25-26H,2-3,6-7,14-15H2,1H3/t23-/m1/s1. The molecular formula is C24H28N2O. The summed E-state index contributed by atoms with van der Waals surface area (Å²) >= 11 is 0. The van der Waals surface area contributed by atoms with Gasteiger partial charge < -0.3 is 10.3 Å². The van der Waals surface area contributed by atoms with Crippen molar-refractivity contribution in [3.05, 3.63) is 71.4 Å². The zero-order valence-corrected chi connectivity index (χ0v) is 16.0. The molecule has 140 valence electrons. The molecule has 1 atom stereocenters. The first kappa shape index (κ1) is 18.0. The van der Waals surface area contributed by atoms with Gasteiger partial charge >= 0.3 is 0 Å². The van der Waals surface area contributed by atoms with E-state index in [4.69, 9.17) is 0 Å². The number of hydrogen-bond donors (Lipinski definition) is 2. The second-order valence-electron chi connectivity index (χ2n) is 7.82. The number of aryl methyl sites for hydroxylation is 1. The predicted octanol–water partition coefficient (Wildman–Crippen LogP) is 5.05. The van der Waals surface area contributed by atoms with Crippen LogP contribution in [0.2, 0.25) is 0 Å². The van der Waals surface area contributed by atoms with E-state index in [0.29, 0.717) is 5.92 Å². The van der Waals surface area contributed by atoms with Crippen LogP contribution in [0.4, 0.5) is 0 Å². The highest BCUT2D eigenvalue weighted by Gasteiger charge is 2.31. The number of fused-ring (bicyclic) bond motifs is 1. The molecule has 1 aliphatic rings. The zero-order chi connectivity index (χ0) is 18.6. The first-order chi connectivity index (χ1) is 13.2. The first-order valence-corrected chi connectivity index (χ1v) is 10.1. The Labute approximate surface area is 161 Å². The first-order valence-electron chi connectivity index (χ1n) is 10.1. The molecule has 0 aliphatic heterocycles. The number of aromatic amines is 1. The topological polar surface area (TPSA) is 44.9 Å². The van der Waals surface area contributed by atoms with Crippen molar-refractivity contribution in [1.82, 2.24) is 10.3 Å². The largest absolute Gasteiger partial charge is 0.360 e. The summed E-state index contributed by atoms with van der Waals surface area (Å²) in [6.07, 6.45) is 7.61. The van der Waals surface area contributed by atoms with Crippen molar-refractivity contribution in [2.75, 3.05) is 6.54 Å². The average molecular weight is 361 g/mol. The number of Topliss-reactive ketones (excluding diaryl/α,β-unsaturated/α-hetero) is 1. The van der Waals surface area contributed by atoms with Gasteiger partial charge in [0, 0.05) is 22.7 Å². The number of benzene rings is 2. The number of rotatable bonds is 7. The van der Waals surface area contributed by atoms with Gasteiger partial charge in [-0.2, -0.15) is 0 Å². The Hall–Kier alpha value is -2.39. The van der Waals surface area contributed by atoms with Crippen molar-refractivity contribution in [1.29, 1.82) is 0 Å². The maximum Gasteiger partial charge on any atom is 0.182 e. The lowest BCUT2D eigenvalue weighted by molar-refractivity contribution is 0.0909. The molecule has 1 aliphatic carbocycles. The fourth-order valence-electron chi connectivity index (χ4n) is 4.33. The summed E-state index contributed by atoms with van der Waals surface area (Å²) in [6.45, 7) is 2.94. The Kier molecular flexibility index (Phi) is 5.40. The van der Waals surface area contributed by atoms with Gasteiger partial charge in [-0.15, -0.1) is 0 Å². The van der Waals surface area contributed by atoms with Crippen LogP contribution in [0, 0.1) is 12.8 Å². The zero-order valence-electron chi connectivity index (χ0n) is 16.0. The summed E-state index contributed by atoms with van der Waals surface area (Å²) in [5.41, 5.74) is 4.46. The molecule has 1 aromatic heterocycles. The molecule has 3 aromatic rings. The Morgan fingerprint density at radius 1 is 1.11 bits per heavy atom. The molecule has 4 rings (SSSR count). The van der Waals surface area contributed by atoms with Crippen molar-refractivity contribution in [2.45, 2.75) is 45.1 Å². The van der Waals surface area contributed by atoms with E-state index in [1.165, 1.54) is 24.0 Å². The van der Waals surface area contributed by atoms with Gasteiger partial charge in [0.15, 0.2) is 5.78 Å². The summed E-state index contributed by atoms with van der Waals surface area (Å²) in [6, 6.07) is 16.7. The highest BCUT2D eigenvalue weighted by molar-refractivity contribution is 6.10. The van der Waals surface area contributed by atoms with Crippen molar-refractivity contribution >= 4 is 16.7 Å². The van der Waals surface area contributed by atoms with E-state index in [-0.39, 0.29) is 11.8 Å². The van der Waals surface area contributed by atoms with Crippen LogP contribution < -0.4 is 5.32 Å². The average Bonchev–Trinajstić information content (AvgIpc) is 3.36. The van der Waals surface area contributed by atoms with E-state index in [1.54, 1.807) is 0 Å².